The van der Waals surface area contributed by atoms with Gasteiger partial charge in [0.05, 0.1) is 6.61 Å². The Morgan fingerprint density at radius 3 is 2.55 bits per heavy atom. The van der Waals surface area contributed by atoms with Gasteiger partial charge in [0.2, 0.25) is 0 Å². The molecule has 0 saturated carbocycles. The van der Waals surface area contributed by atoms with Crippen molar-refractivity contribution in [3.8, 4) is 0 Å². The first kappa shape index (κ1) is 9.20. The molecule has 11 heavy (non-hydrogen) atoms. The molecule has 0 bridgehead atoms. The highest BCUT2D eigenvalue weighted by atomic mass is 31.2. The van der Waals surface area contributed by atoms with Crippen LogP contribution in [-0.2, 0) is 13.6 Å². The lowest BCUT2D eigenvalue weighted by Gasteiger charge is -2.24. The van der Waals surface area contributed by atoms with Crippen LogP contribution >= 0.6 is 7.60 Å². The normalized spacial score (nSPS) is 51.5. The maximum Gasteiger partial charge on any atom is 0.361 e. The minimum atomic E-state index is -3.25. The summed E-state index contributed by atoms with van der Waals surface area (Å²) >= 11 is 0. The fraction of sp³-hybridized carbons (Fsp3) is 1.00. The van der Waals surface area contributed by atoms with Gasteiger partial charge in [-0.05, 0) is 6.92 Å². The fourth-order valence-corrected chi connectivity index (χ4v) is 2.78. The molecule has 1 aliphatic rings. The summed E-state index contributed by atoms with van der Waals surface area (Å²) in [6, 6.07) is 0. The van der Waals surface area contributed by atoms with Gasteiger partial charge >= 0.3 is 7.60 Å². The zero-order chi connectivity index (χ0) is 8.70. The Kier molecular flexibility index (Phi) is 2.14. The van der Waals surface area contributed by atoms with E-state index in [1.165, 1.54) is 14.0 Å². The molecule has 0 radical (unpaired) electrons. The van der Waals surface area contributed by atoms with Crippen LogP contribution in [0.4, 0.5) is 0 Å². The van der Waals surface area contributed by atoms with Crippen LogP contribution in [0.15, 0.2) is 0 Å². The van der Waals surface area contributed by atoms with E-state index in [1.807, 2.05) is 0 Å². The molecule has 66 valence electrons. The first-order valence-electron chi connectivity index (χ1n) is 3.47. The summed E-state index contributed by atoms with van der Waals surface area (Å²) in [7, 11) is -1.97. The largest absolute Gasteiger partial charge is 0.377 e. The molecule has 1 N–H and O–H groups in total. The second-order valence-corrected chi connectivity index (χ2v) is 5.49. The predicted molar refractivity (Wildman–Crippen MR) is 40.4 cm³/mol. The van der Waals surface area contributed by atoms with E-state index in [4.69, 9.17) is 4.52 Å². The van der Waals surface area contributed by atoms with Crippen LogP contribution in [0.1, 0.15) is 13.8 Å². The standard InChI is InChI=1S/C6H13O4P/c1-5-4-10-11(8,9-3)6(5,2)7/h5,7H,4H2,1-3H3/t5-,6+,11+/m1/s1. The van der Waals surface area contributed by atoms with E-state index in [0.717, 1.165) is 0 Å². The second kappa shape index (κ2) is 2.56. The maximum absolute atomic E-state index is 11.6. The lowest BCUT2D eigenvalue weighted by atomic mass is 10.1. The van der Waals surface area contributed by atoms with Crippen molar-refractivity contribution in [3.63, 3.8) is 0 Å². The monoisotopic (exact) mass is 180 g/mol. The smallest absolute Gasteiger partial charge is 0.361 e. The van der Waals surface area contributed by atoms with Gasteiger partial charge < -0.3 is 14.2 Å². The van der Waals surface area contributed by atoms with Gasteiger partial charge in [0.1, 0.15) is 0 Å². The van der Waals surface area contributed by atoms with E-state index in [-0.39, 0.29) is 12.5 Å². The lowest BCUT2D eigenvalue weighted by Crippen LogP contribution is -2.28. The van der Waals surface area contributed by atoms with Gasteiger partial charge in [-0.15, -0.1) is 0 Å². The zero-order valence-corrected chi connectivity index (χ0v) is 7.80. The minimum absolute atomic E-state index is 0.145. The van der Waals surface area contributed by atoms with E-state index in [1.54, 1.807) is 6.92 Å². The third-order valence-corrected chi connectivity index (χ3v) is 4.74. The van der Waals surface area contributed by atoms with Crippen molar-refractivity contribution in [1.29, 1.82) is 0 Å². The average molecular weight is 180 g/mol. The second-order valence-electron chi connectivity index (χ2n) is 2.97. The average Bonchev–Trinajstić information content (AvgIpc) is 2.15. The Morgan fingerprint density at radius 2 is 2.36 bits per heavy atom. The fourth-order valence-electron chi connectivity index (χ4n) is 1.01. The quantitative estimate of drug-likeness (QED) is 0.616. The summed E-state index contributed by atoms with van der Waals surface area (Å²) < 4.78 is 21.1. The van der Waals surface area contributed by atoms with E-state index in [9.17, 15) is 9.67 Å². The summed E-state index contributed by atoms with van der Waals surface area (Å²) in [6.07, 6.45) is 0. The third-order valence-electron chi connectivity index (χ3n) is 2.22. The molecule has 1 aliphatic heterocycles. The van der Waals surface area contributed by atoms with Crippen molar-refractivity contribution in [2.45, 2.75) is 19.2 Å². The molecule has 1 fully saturated rings. The topological polar surface area (TPSA) is 55.8 Å². The summed E-state index contributed by atoms with van der Waals surface area (Å²) in [5, 5.41) is 8.34. The lowest BCUT2D eigenvalue weighted by molar-refractivity contribution is 0.0884. The first-order valence-corrected chi connectivity index (χ1v) is 5.01. The van der Waals surface area contributed by atoms with Gasteiger partial charge in [-0.3, -0.25) is 4.57 Å². The molecule has 0 aromatic rings. The van der Waals surface area contributed by atoms with E-state index >= 15 is 0 Å². The highest BCUT2D eigenvalue weighted by molar-refractivity contribution is 7.55. The van der Waals surface area contributed by atoms with Crippen molar-refractivity contribution in [2.24, 2.45) is 5.92 Å². The molecular formula is C6H13O4P. The minimum Gasteiger partial charge on any atom is -0.377 e. The molecule has 0 aromatic carbocycles. The van der Waals surface area contributed by atoms with Gasteiger partial charge in [0, 0.05) is 13.0 Å². The van der Waals surface area contributed by atoms with Crippen molar-refractivity contribution in [1.82, 2.24) is 0 Å². The Labute approximate surface area is 66.0 Å². The maximum atomic E-state index is 11.6. The summed E-state index contributed by atoms with van der Waals surface area (Å²) in [6.45, 7) is 3.55. The van der Waals surface area contributed by atoms with Crippen LogP contribution in [0.25, 0.3) is 0 Å². The number of rotatable bonds is 1. The van der Waals surface area contributed by atoms with Gasteiger partial charge in [0.15, 0.2) is 5.34 Å². The van der Waals surface area contributed by atoms with Crippen LogP contribution in [0.3, 0.4) is 0 Å². The van der Waals surface area contributed by atoms with Crippen molar-refractivity contribution in [2.75, 3.05) is 13.7 Å². The number of hydrogen-bond donors (Lipinski definition) is 1. The van der Waals surface area contributed by atoms with Crippen molar-refractivity contribution < 1.29 is 18.7 Å². The van der Waals surface area contributed by atoms with E-state index in [0.29, 0.717) is 0 Å². The van der Waals surface area contributed by atoms with E-state index < -0.39 is 12.9 Å². The van der Waals surface area contributed by atoms with Gasteiger partial charge in [-0.2, -0.15) is 0 Å². The predicted octanol–water partition coefficient (Wildman–Crippen LogP) is 1.20. The molecule has 4 nitrogen and oxygen atoms in total. The Balaban J connectivity index is 2.95. The SMILES string of the molecule is CO[P@]1(=O)OC[C@@H](C)[C@@]1(C)O. The van der Waals surface area contributed by atoms with Crippen LogP contribution in [-0.4, -0.2) is 24.2 Å². The molecule has 0 spiro atoms. The summed E-state index contributed by atoms with van der Waals surface area (Å²) in [5.41, 5.74) is 0. The molecular weight excluding hydrogens is 167 g/mol. The molecule has 3 atom stereocenters. The van der Waals surface area contributed by atoms with Gasteiger partial charge in [-0.1, -0.05) is 6.92 Å². The van der Waals surface area contributed by atoms with Crippen LogP contribution in [0.5, 0.6) is 0 Å². The van der Waals surface area contributed by atoms with Gasteiger partial charge in [0.25, 0.3) is 0 Å². The number of aliphatic hydroxyl groups is 1. The summed E-state index contributed by atoms with van der Waals surface area (Å²) in [4.78, 5) is 0. The first-order chi connectivity index (χ1) is 4.94. The summed E-state index contributed by atoms with van der Waals surface area (Å²) in [5.74, 6) is -0.145. The van der Waals surface area contributed by atoms with E-state index in [2.05, 4.69) is 4.52 Å². The molecule has 0 aromatic heterocycles. The Morgan fingerprint density at radius 1 is 1.82 bits per heavy atom. The van der Waals surface area contributed by atoms with Crippen LogP contribution in [0.2, 0.25) is 0 Å². The highest BCUT2D eigenvalue weighted by Crippen LogP contribution is 2.65. The molecule has 0 aliphatic carbocycles. The Bertz CT molecular complexity index is 201. The number of hydrogen-bond acceptors (Lipinski definition) is 4. The molecule has 1 heterocycles. The Hall–Kier alpha value is 0.110. The van der Waals surface area contributed by atoms with Crippen LogP contribution < -0.4 is 0 Å². The molecule has 1 saturated heterocycles. The molecule has 5 heteroatoms. The van der Waals surface area contributed by atoms with Crippen LogP contribution in [0, 0.1) is 5.92 Å². The van der Waals surface area contributed by atoms with Gasteiger partial charge in [-0.25, -0.2) is 0 Å². The molecule has 0 unspecified atom stereocenters. The molecule has 0 amide bonds. The van der Waals surface area contributed by atoms with Crippen molar-refractivity contribution >= 4 is 7.60 Å². The van der Waals surface area contributed by atoms with Crippen molar-refractivity contribution in [3.05, 3.63) is 0 Å². The molecule has 1 rings (SSSR count). The highest BCUT2D eigenvalue weighted by Gasteiger charge is 2.54. The zero-order valence-electron chi connectivity index (χ0n) is 6.90. The third kappa shape index (κ3) is 1.14.